The van der Waals surface area contributed by atoms with Crippen LogP contribution >= 0.6 is 15.9 Å². The number of rotatable bonds is 4. The van der Waals surface area contributed by atoms with E-state index in [2.05, 4.69) is 15.9 Å². The molecule has 0 heterocycles. The fourth-order valence-electron chi connectivity index (χ4n) is 1.79. The van der Waals surface area contributed by atoms with Gasteiger partial charge >= 0.3 is 11.7 Å². The largest absolute Gasteiger partial charge is 0.477 e. The lowest BCUT2D eigenvalue weighted by atomic mass is 10.1. The lowest BCUT2D eigenvalue weighted by Gasteiger charge is -2.11. The molecular weight excluding hydrogens is 342 g/mol. The number of nitrogens with zero attached hydrogens (tertiary/aromatic N) is 1. The number of carboxylic acid groups (broad SMARTS) is 1. The molecule has 0 fully saturated rings. The Morgan fingerprint density at radius 1 is 1.29 bits per heavy atom. The van der Waals surface area contributed by atoms with Crippen LogP contribution in [0.3, 0.4) is 0 Å². The number of hydrogen-bond acceptors (Lipinski definition) is 4. The lowest BCUT2D eigenvalue weighted by molar-refractivity contribution is -0.386. The van der Waals surface area contributed by atoms with E-state index >= 15 is 0 Å². The fourth-order valence-corrected chi connectivity index (χ4v) is 2.16. The van der Waals surface area contributed by atoms with Crippen molar-refractivity contribution in [3.8, 4) is 11.5 Å². The van der Waals surface area contributed by atoms with Gasteiger partial charge in [0.25, 0.3) is 0 Å². The van der Waals surface area contributed by atoms with Gasteiger partial charge in [-0.3, -0.25) is 10.1 Å². The highest BCUT2D eigenvalue weighted by molar-refractivity contribution is 9.10. The Morgan fingerprint density at radius 2 is 1.95 bits per heavy atom. The van der Waals surface area contributed by atoms with E-state index in [1.807, 2.05) is 0 Å². The van der Waals surface area contributed by atoms with Crippen molar-refractivity contribution in [3.63, 3.8) is 0 Å². The summed E-state index contributed by atoms with van der Waals surface area (Å²) in [4.78, 5) is 21.6. The number of benzene rings is 2. The van der Waals surface area contributed by atoms with Crippen LogP contribution in [0.4, 0.5) is 5.69 Å². The molecule has 6 nitrogen and oxygen atoms in total. The molecule has 2 rings (SSSR count). The van der Waals surface area contributed by atoms with Crippen LogP contribution in [0.15, 0.2) is 40.9 Å². The number of carboxylic acids is 1. The highest BCUT2D eigenvalue weighted by Crippen LogP contribution is 2.39. The Bertz CT molecular complexity index is 729. The number of nitro groups is 1. The summed E-state index contributed by atoms with van der Waals surface area (Å²) in [6, 6.07) is 9.50. The Morgan fingerprint density at radius 3 is 2.52 bits per heavy atom. The minimum atomic E-state index is -1.38. The average Bonchev–Trinajstić information content (AvgIpc) is 2.42. The second kappa shape index (κ2) is 5.92. The van der Waals surface area contributed by atoms with Crippen LogP contribution in [0.2, 0.25) is 0 Å². The van der Waals surface area contributed by atoms with E-state index in [1.54, 1.807) is 31.2 Å². The minimum absolute atomic E-state index is 0.0770. The monoisotopic (exact) mass is 351 g/mol. The molecular formula is C14H10BrNO5. The molecule has 108 valence electrons. The first-order chi connectivity index (χ1) is 9.91. The fraction of sp³-hybridized carbons (Fsp3) is 0.0714. The molecule has 1 N–H and O–H groups in total. The summed E-state index contributed by atoms with van der Waals surface area (Å²) in [5, 5.41) is 20.3. The number of nitro benzene ring substituents is 1. The van der Waals surface area contributed by atoms with Crippen LogP contribution in [-0.2, 0) is 0 Å². The van der Waals surface area contributed by atoms with Gasteiger partial charge in [0, 0.05) is 0 Å². The Balaban J connectivity index is 2.62. The summed E-state index contributed by atoms with van der Waals surface area (Å²) in [6.45, 7) is 1.62. The smallest absolute Gasteiger partial charge is 0.342 e. The Hall–Kier alpha value is -2.41. The van der Waals surface area contributed by atoms with Gasteiger partial charge in [0.2, 0.25) is 5.75 Å². The molecule has 7 heteroatoms. The maximum atomic E-state index is 11.2. The summed E-state index contributed by atoms with van der Waals surface area (Å²) in [5.41, 5.74) is -0.492. The van der Waals surface area contributed by atoms with Crippen LogP contribution in [0, 0.1) is 17.0 Å². The third-order valence-corrected chi connectivity index (χ3v) is 3.45. The van der Waals surface area contributed by atoms with Crippen molar-refractivity contribution in [1.29, 1.82) is 0 Å². The van der Waals surface area contributed by atoms with E-state index in [9.17, 15) is 14.9 Å². The number of carbonyl (C=O) groups is 1. The third kappa shape index (κ3) is 3.03. The molecule has 0 aliphatic heterocycles. The van der Waals surface area contributed by atoms with E-state index in [0.29, 0.717) is 15.8 Å². The van der Waals surface area contributed by atoms with Crippen molar-refractivity contribution >= 4 is 27.6 Å². The summed E-state index contributed by atoms with van der Waals surface area (Å²) in [5.74, 6) is -1.09. The van der Waals surface area contributed by atoms with Crippen molar-refractivity contribution in [3.05, 3.63) is 62.1 Å². The molecule has 0 saturated heterocycles. The number of halogens is 1. The number of aromatic carboxylic acids is 1. The Labute approximate surface area is 128 Å². The number of para-hydroxylation sites is 1. The quantitative estimate of drug-likeness (QED) is 0.659. The SMILES string of the molecule is Cc1ccc(C(=O)O)c([N+](=O)[O-])c1Oc1ccccc1Br. The topological polar surface area (TPSA) is 89.7 Å². The molecule has 0 bridgehead atoms. The summed E-state index contributed by atoms with van der Waals surface area (Å²) in [7, 11) is 0. The number of aryl methyl sites for hydroxylation is 1. The zero-order valence-electron chi connectivity index (χ0n) is 10.9. The standard InChI is InChI=1S/C14H10BrNO5/c1-8-6-7-9(14(17)18)12(16(19)20)13(8)21-11-5-3-2-4-10(11)15/h2-7H,1H3,(H,17,18). The van der Waals surface area contributed by atoms with E-state index in [4.69, 9.17) is 9.84 Å². The molecule has 0 atom stereocenters. The molecule has 2 aromatic carbocycles. The normalized spacial score (nSPS) is 10.2. The van der Waals surface area contributed by atoms with Crippen molar-refractivity contribution in [2.75, 3.05) is 0 Å². The van der Waals surface area contributed by atoms with E-state index < -0.39 is 22.1 Å². The first-order valence-electron chi connectivity index (χ1n) is 5.85. The second-order valence-corrected chi connectivity index (χ2v) is 5.06. The van der Waals surface area contributed by atoms with Crippen molar-refractivity contribution in [1.82, 2.24) is 0 Å². The van der Waals surface area contributed by atoms with Gasteiger partial charge < -0.3 is 9.84 Å². The van der Waals surface area contributed by atoms with Gasteiger partial charge in [-0.15, -0.1) is 0 Å². The molecule has 0 aromatic heterocycles. The number of hydrogen-bond donors (Lipinski definition) is 1. The summed E-state index contributed by atoms with van der Waals surface area (Å²) < 4.78 is 6.18. The van der Waals surface area contributed by atoms with E-state index in [1.165, 1.54) is 12.1 Å². The van der Waals surface area contributed by atoms with Gasteiger partial charge in [0.15, 0.2) is 0 Å². The molecule has 0 spiro atoms. The molecule has 0 saturated carbocycles. The first kappa shape index (κ1) is 15.0. The predicted octanol–water partition coefficient (Wildman–Crippen LogP) is 4.16. The predicted molar refractivity (Wildman–Crippen MR) is 79.0 cm³/mol. The first-order valence-corrected chi connectivity index (χ1v) is 6.64. The van der Waals surface area contributed by atoms with Gasteiger partial charge in [-0.05, 0) is 46.6 Å². The van der Waals surface area contributed by atoms with Gasteiger partial charge in [-0.25, -0.2) is 4.79 Å². The molecule has 0 unspecified atom stereocenters. The highest BCUT2D eigenvalue weighted by atomic mass is 79.9. The van der Waals surface area contributed by atoms with E-state index in [0.717, 1.165) is 0 Å². The summed E-state index contributed by atoms with van der Waals surface area (Å²) in [6.07, 6.45) is 0. The molecule has 21 heavy (non-hydrogen) atoms. The Kier molecular flexibility index (Phi) is 4.23. The van der Waals surface area contributed by atoms with Gasteiger partial charge in [0.1, 0.15) is 11.3 Å². The lowest BCUT2D eigenvalue weighted by Crippen LogP contribution is -2.05. The molecule has 0 aliphatic carbocycles. The maximum Gasteiger partial charge on any atom is 0.342 e. The van der Waals surface area contributed by atoms with Crippen molar-refractivity contribution in [2.45, 2.75) is 6.92 Å². The zero-order valence-corrected chi connectivity index (χ0v) is 12.5. The molecule has 0 radical (unpaired) electrons. The van der Waals surface area contributed by atoms with Crippen LogP contribution < -0.4 is 4.74 Å². The van der Waals surface area contributed by atoms with Crippen molar-refractivity contribution in [2.24, 2.45) is 0 Å². The minimum Gasteiger partial charge on any atom is -0.477 e. The van der Waals surface area contributed by atoms with Crippen LogP contribution in [-0.4, -0.2) is 16.0 Å². The van der Waals surface area contributed by atoms with Gasteiger partial charge in [0.05, 0.1) is 9.40 Å². The highest BCUT2D eigenvalue weighted by Gasteiger charge is 2.28. The van der Waals surface area contributed by atoms with Crippen LogP contribution in [0.5, 0.6) is 11.5 Å². The van der Waals surface area contributed by atoms with E-state index in [-0.39, 0.29) is 5.75 Å². The average molecular weight is 352 g/mol. The van der Waals surface area contributed by atoms with Crippen LogP contribution in [0.1, 0.15) is 15.9 Å². The van der Waals surface area contributed by atoms with Gasteiger partial charge in [-0.1, -0.05) is 18.2 Å². The van der Waals surface area contributed by atoms with Crippen molar-refractivity contribution < 1.29 is 19.6 Å². The molecule has 0 amide bonds. The van der Waals surface area contributed by atoms with Gasteiger partial charge in [-0.2, -0.15) is 0 Å². The third-order valence-electron chi connectivity index (χ3n) is 2.79. The maximum absolute atomic E-state index is 11.2. The number of ether oxygens (including phenoxy) is 1. The second-order valence-electron chi connectivity index (χ2n) is 4.20. The summed E-state index contributed by atoms with van der Waals surface area (Å²) >= 11 is 3.28. The molecule has 0 aliphatic rings. The molecule has 2 aromatic rings. The zero-order chi connectivity index (χ0) is 15.6. The van der Waals surface area contributed by atoms with Crippen LogP contribution in [0.25, 0.3) is 0 Å².